The lowest BCUT2D eigenvalue weighted by molar-refractivity contribution is -0.150. The van der Waals surface area contributed by atoms with Gasteiger partial charge in [0.05, 0.1) is 13.0 Å². The first-order chi connectivity index (χ1) is 10.7. The maximum absolute atomic E-state index is 12.9. The summed E-state index contributed by atoms with van der Waals surface area (Å²) in [5, 5.41) is 0. The fourth-order valence-electron chi connectivity index (χ4n) is 4.27. The van der Waals surface area contributed by atoms with Crippen LogP contribution in [0, 0.1) is 9.49 Å². The van der Waals surface area contributed by atoms with Gasteiger partial charge in [-0.05, 0) is 59.5 Å². The SMILES string of the molecule is COC(=O)C1C(c2ccc([123I])cc2)CC2CCC1N2CCF. The summed E-state index contributed by atoms with van der Waals surface area (Å²) in [5.74, 6) is -0.161. The van der Waals surface area contributed by atoms with Crippen LogP contribution in [-0.2, 0) is 9.53 Å². The first-order valence-corrected chi connectivity index (χ1v) is 8.88. The Morgan fingerprint density at radius 3 is 2.73 bits per heavy atom. The molecule has 2 bridgehead atoms. The topological polar surface area (TPSA) is 29.5 Å². The number of ether oxygens (including phenoxy) is 1. The Kier molecular flexibility index (Phi) is 5.02. The van der Waals surface area contributed by atoms with Crippen LogP contribution < -0.4 is 0 Å². The molecule has 2 saturated heterocycles. The molecule has 1 aromatic carbocycles. The lowest BCUT2D eigenvalue weighted by Crippen LogP contribution is -2.51. The van der Waals surface area contributed by atoms with E-state index in [2.05, 4.69) is 51.8 Å². The molecule has 0 aromatic heterocycles. The maximum atomic E-state index is 12.9. The second kappa shape index (κ2) is 6.83. The maximum Gasteiger partial charge on any atom is 0.310 e. The second-order valence-electron chi connectivity index (χ2n) is 6.17. The molecule has 0 saturated carbocycles. The number of alkyl halides is 1. The van der Waals surface area contributed by atoms with Crippen molar-refractivity contribution in [1.29, 1.82) is 0 Å². The minimum atomic E-state index is -0.352. The first-order valence-electron chi connectivity index (χ1n) is 7.80. The molecule has 3 rings (SSSR count). The molecule has 0 N–H and O–H groups in total. The molecule has 4 atom stereocenters. The Balaban J connectivity index is 1.92. The van der Waals surface area contributed by atoms with Gasteiger partial charge in [-0.25, -0.2) is 4.39 Å². The number of halogens is 2. The molecule has 2 heterocycles. The van der Waals surface area contributed by atoms with Crippen LogP contribution in [0.1, 0.15) is 30.7 Å². The van der Waals surface area contributed by atoms with Crippen LogP contribution in [0.5, 0.6) is 0 Å². The summed E-state index contributed by atoms with van der Waals surface area (Å²) in [4.78, 5) is 14.6. The van der Waals surface area contributed by atoms with E-state index in [1.54, 1.807) is 0 Å². The number of fused-ring (bicyclic) bond motifs is 2. The Hall–Kier alpha value is -0.690. The van der Waals surface area contributed by atoms with Gasteiger partial charge in [0, 0.05) is 28.1 Å². The minimum Gasteiger partial charge on any atom is -0.469 e. The number of piperidine rings is 1. The Bertz CT molecular complexity index is 536. The zero-order valence-corrected chi connectivity index (χ0v) is 14.8. The third kappa shape index (κ3) is 2.89. The van der Waals surface area contributed by atoms with Crippen molar-refractivity contribution in [1.82, 2.24) is 4.90 Å². The third-order valence-electron chi connectivity index (χ3n) is 5.18. The molecule has 0 radical (unpaired) electrons. The van der Waals surface area contributed by atoms with Gasteiger partial charge in [-0.1, -0.05) is 12.1 Å². The molecule has 0 amide bonds. The van der Waals surface area contributed by atoms with Crippen molar-refractivity contribution < 1.29 is 13.9 Å². The van der Waals surface area contributed by atoms with Gasteiger partial charge in [-0.2, -0.15) is 0 Å². The van der Waals surface area contributed by atoms with Crippen LogP contribution in [-0.4, -0.2) is 43.3 Å². The Morgan fingerprint density at radius 1 is 1.36 bits per heavy atom. The number of carbonyl (C=O) groups excluding carboxylic acids is 1. The highest BCUT2D eigenvalue weighted by Gasteiger charge is 2.50. The van der Waals surface area contributed by atoms with Crippen LogP contribution in [0.15, 0.2) is 24.3 Å². The van der Waals surface area contributed by atoms with Crippen molar-refractivity contribution in [3.63, 3.8) is 0 Å². The molecule has 0 spiro atoms. The van der Waals surface area contributed by atoms with E-state index in [1.165, 1.54) is 16.2 Å². The van der Waals surface area contributed by atoms with Crippen molar-refractivity contribution in [3.8, 4) is 0 Å². The zero-order valence-electron chi connectivity index (χ0n) is 12.7. The smallest absolute Gasteiger partial charge is 0.310 e. The molecule has 1 aromatic rings. The summed E-state index contributed by atoms with van der Waals surface area (Å²) < 4.78 is 19.1. The van der Waals surface area contributed by atoms with Gasteiger partial charge in [0.15, 0.2) is 0 Å². The van der Waals surface area contributed by atoms with E-state index in [9.17, 15) is 9.18 Å². The summed E-state index contributed by atoms with van der Waals surface area (Å²) in [6.07, 6.45) is 2.93. The van der Waals surface area contributed by atoms with Gasteiger partial charge in [-0.3, -0.25) is 9.69 Å². The van der Waals surface area contributed by atoms with Crippen molar-refractivity contribution in [2.24, 2.45) is 5.92 Å². The average molecular weight is 413 g/mol. The normalized spacial score (nSPS) is 31.2. The number of nitrogens with zero attached hydrogens (tertiary/aromatic N) is 1. The highest BCUT2D eigenvalue weighted by Crippen LogP contribution is 2.47. The molecule has 2 fully saturated rings. The predicted molar refractivity (Wildman–Crippen MR) is 91.5 cm³/mol. The van der Waals surface area contributed by atoms with E-state index in [1.807, 2.05) is 0 Å². The van der Waals surface area contributed by atoms with E-state index in [0.29, 0.717) is 12.6 Å². The molecule has 22 heavy (non-hydrogen) atoms. The quantitative estimate of drug-likeness (QED) is 0.560. The molecule has 2 aliphatic heterocycles. The van der Waals surface area contributed by atoms with Crippen molar-refractivity contribution >= 4 is 28.6 Å². The van der Waals surface area contributed by atoms with Crippen molar-refractivity contribution in [3.05, 3.63) is 33.4 Å². The molecule has 2 aliphatic rings. The predicted octanol–water partition coefficient (Wildman–Crippen LogP) is 3.37. The largest absolute Gasteiger partial charge is 0.469 e. The Labute approximate surface area is 144 Å². The van der Waals surface area contributed by atoms with E-state index >= 15 is 0 Å². The van der Waals surface area contributed by atoms with Gasteiger partial charge in [0.1, 0.15) is 6.67 Å². The van der Waals surface area contributed by atoms with Gasteiger partial charge in [0.2, 0.25) is 0 Å². The monoisotopic (exact) mass is 413 g/mol. The van der Waals surface area contributed by atoms with Gasteiger partial charge in [0.25, 0.3) is 0 Å². The Morgan fingerprint density at radius 2 is 2.09 bits per heavy atom. The number of hydrogen-bond donors (Lipinski definition) is 0. The second-order valence-corrected chi connectivity index (χ2v) is 7.41. The minimum absolute atomic E-state index is 0.117. The van der Waals surface area contributed by atoms with Crippen LogP contribution in [0.25, 0.3) is 0 Å². The number of benzene rings is 1. The molecular weight excluding hydrogens is 392 g/mol. The highest BCUT2D eigenvalue weighted by molar-refractivity contribution is 14.1. The lowest BCUT2D eigenvalue weighted by atomic mass is 9.76. The van der Waals surface area contributed by atoms with Crippen LogP contribution in [0.3, 0.4) is 0 Å². The molecule has 5 heteroatoms. The summed E-state index contributed by atoms with van der Waals surface area (Å²) in [7, 11) is 1.45. The molecule has 120 valence electrons. The molecular formula is C17H21FINO2. The van der Waals surface area contributed by atoms with E-state index in [-0.39, 0.29) is 30.5 Å². The average Bonchev–Trinajstić information content (AvgIpc) is 2.80. The standard InChI is InChI=1S/C17H21FINO2/c1-22-17(21)16-14(11-2-4-12(19)5-3-11)10-13-6-7-15(16)20(13)9-8-18/h2-5,13-16H,6-10H2,1H3/i19-4. The lowest BCUT2D eigenvalue weighted by Gasteiger charge is -2.43. The number of rotatable bonds is 4. The van der Waals surface area contributed by atoms with Gasteiger partial charge in [-0.15, -0.1) is 0 Å². The third-order valence-corrected chi connectivity index (χ3v) is 5.90. The number of methoxy groups -OCH3 is 1. The van der Waals surface area contributed by atoms with Crippen molar-refractivity contribution in [2.75, 3.05) is 20.3 Å². The fourth-order valence-corrected chi connectivity index (χ4v) is 4.63. The number of hydrogen-bond acceptors (Lipinski definition) is 3. The highest BCUT2D eigenvalue weighted by atomic mass is 123. The summed E-state index contributed by atoms with van der Waals surface area (Å²) in [6, 6.07) is 8.91. The van der Waals surface area contributed by atoms with E-state index in [4.69, 9.17) is 4.74 Å². The van der Waals surface area contributed by atoms with E-state index in [0.717, 1.165) is 19.3 Å². The summed E-state index contributed by atoms with van der Waals surface area (Å²) in [6.45, 7) is 0.0807. The summed E-state index contributed by atoms with van der Waals surface area (Å²) >= 11 is 2.29. The number of carbonyl (C=O) groups is 1. The summed E-state index contributed by atoms with van der Waals surface area (Å²) in [5.41, 5.74) is 1.20. The molecule has 4 unspecified atom stereocenters. The fraction of sp³-hybridized carbons (Fsp3) is 0.588. The zero-order chi connectivity index (χ0) is 15.7. The first kappa shape index (κ1) is 16.2. The van der Waals surface area contributed by atoms with Crippen LogP contribution in [0.4, 0.5) is 4.39 Å². The van der Waals surface area contributed by atoms with Gasteiger partial charge >= 0.3 is 5.97 Å². The van der Waals surface area contributed by atoms with Crippen LogP contribution in [0.2, 0.25) is 0 Å². The van der Waals surface area contributed by atoms with Gasteiger partial charge < -0.3 is 4.74 Å². The van der Waals surface area contributed by atoms with Crippen LogP contribution >= 0.6 is 22.6 Å². The molecule has 3 nitrogen and oxygen atoms in total. The number of esters is 1. The van der Waals surface area contributed by atoms with E-state index < -0.39 is 0 Å². The van der Waals surface area contributed by atoms with Crippen molar-refractivity contribution in [2.45, 2.75) is 37.3 Å². The molecule has 0 aliphatic carbocycles.